The minimum Gasteiger partial charge on any atom is -0.233 e. The Morgan fingerprint density at radius 3 is 2.53 bits per heavy atom. The van der Waals surface area contributed by atoms with Crippen LogP contribution in [-0.2, 0) is 0 Å². The molecule has 0 unspecified atom stereocenters. The third-order valence-corrected chi connectivity index (χ3v) is 2.94. The molecule has 0 radical (unpaired) electrons. The van der Waals surface area contributed by atoms with Gasteiger partial charge in [-0.25, -0.2) is 14.4 Å². The maximum Gasteiger partial charge on any atom is 0.136 e. The Balaban J connectivity index is 2.72. The molecule has 0 fully saturated rings. The van der Waals surface area contributed by atoms with E-state index in [0.29, 0.717) is 27.8 Å². The first-order valence-electron chi connectivity index (χ1n) is 5.26. The highest BCUT2D eigenvalue weighted by atomic mass is 35.5. The molecule has 1 heterocycles. The van der Waals surface area contributed by atoms with E-state index in [1.54, 1.807) is 26.0 Å². The van der Waals surface area contributed by atoms with Gasteiger partial charge in [-0.15, -0.1) is 0 Å². The second-order valence-electron chi connectivity index (χ2n) is 4.02. The smallest absolute Gasteiger partial charge is 0.136 e. The largest absolute Gasteiger partial charge is 0.233 e. The lowest BCUT2D eigenvalue weighted by Gasteiger charge is -2.09. The first-order valence-corrected chi connectivity index (χ1v) is 5.64. The van der Waals surface area contributed by atoms with E-state index in [4.69, 9.17) is 11.6 Å². The van der Waals surface area contributed by atoms with Crippen LogP contribution in [0, 0.1) is 26.6 Å². The molecule has 0 aliphatic carbocycles. The highest BCUT2D eigenvalue weighted by Crippen LogP contribution is 2.28. The fraction of sp³-hybridized carbons (Fsp3) is 0.231. The van der Waals surface area contributed by atoms with Crippen LogP contribution < -0.4 is 0 Å². The van der Waals surface area contributed by atoms with Gasteiger partial charge in [0.15, 0.2) is 0 Å². The van der Waals surface area contributed by atoms with Gasteiger partial charge in [-0.3, -0.25) is 0 Å². The van der Waals surface area contributed by atoms with Crippen molar-refractivity contribution in [1.82, 2.24) is 9.97 Å². The van der Waals surface area contributed by atoms with Gasteiger partial charge in [-0.05, 0) is 32.9 Å². The van der Waals surface area contributed by atoms with Gasteiger partial charge in [-0.1, -0.05) is 23.2 Å². The summed E-state index contributed by atoms with van der Waals surface area (Å²) in [6.45, 7) is 5.44. The number of rotatable bonds is 1. The van der Waals surface area contributed by atoms with Crippen molar-refractivity contribution in [2.75, 3.05) is 0 Å². The zero-order valence-electron chi connectivity index (χ0n) is 9.88. The Labute approximate surface area is 104 Å². The molecule has 0 atom stereocenters. The summed E-state index contributed by atoms with van der Waals surface area (Å²) in [5.74, 6) is 0.240. The molecule has 0 spiro atoms. The van der Waals surface area contributed by atoms with E-state index in [1.165, 1.54) is 6.07 Å². The van der Waals surface area contributed by atoms with Crippen LogP contribution in [0.15, 0.2) is 18.2 Å². The molecule has 0 saturated heterocycles. The van der Waals surface area contributed by atoms with E-state index in [-0.39, 0.29) is 5.82 Å². The van der Waals surface area contributed by atoms with E-state index in [0.717, 1.165) is 5.56 Å². The molecule has 4 heteroatoms. The quantitative estimate of drug-likeness (QED) is 0.718. The summed E-state index contributed by atoms with van der Waals surface area (Å²) in [7, 11) is 0. The topological polar surface area (TPSA) is 25.8 Å². The van der Waals surface area contributed by atoms with Gasteiger partial charge in [0, 0.05) is 11.1 Å². The zero-order valence-corrected chi connectivity index (χ0v) is 10.6. The minimum atomic E-state index is -0.298. The predicted molar refractivity (Wildman–Crippen MR) is 66.6 cm³/mol. The molecule has 0 bridgehead atoms. The molecule has 2 nitrogen and oxygen atoms in total. The lowest BCUT2D eigenvalue weighted by atomic mass is 10.0. The molecular weight excluding hydrogens is 239 g/mol. The van der Waals surface area contributed by atoms with E-state index >= 15 is 0 Å². The molecule has 0 N–H and O–H groups in total. The molecule has 17 heavy (non-hydrogen) atoms. The van der Waals surface area contributed by atoms with Crippen molar-refractivity contribution in [3.05, 3.63) is 46.1 Å². The van der Waals surface area contributed by atoms with Crippen LogP contribution in [0.5, 0.6) is 0 Å². The van der Waals surface area contributed by atoms with E-state index < -0.39 is 0 Å². The Morgan fingerprint density at radius 1 is 1.12 bits per heavy atom. The number of hydrogen-bond donors (Lipinski definition) is 0. The van der Waals surface area contributed by atoms with E-state index in [9.17, 15) is 4.39 Å². The molecular formula is C13H12ClFN2. The highest BCUT2D eigenvalue weighted by Gasteiger charge is 2.13. The monoisotopic (exact) mass is 250 g/mol. The van der Waals surface area contributed by atoms with Gasteiger partial charge < -0.3 is 0 Å². The second kappa shape index (κ2) is 4.41. The molecule has 1 aromatic heterocycles. The Morgan fingerprint density at radius 2 is 1.82 bits per heavy atom. The summed E-state index contributed by atoms with van der Waals surface area (Å²) in [5, 5.41) is 0.369. The number of halogens is 2. The van der Waals surface area contributed by atoms with Crippen molar-refractivity contribution in [3.8, 4) is 11.3 Å². The minimum absolute atomic E-state index is 0.298. The Bertz CT molecular complexity index is 582. The molecule has 0 aliphatic heterocycles. The van der Waals surface area contributed by atoms with Crippen LogP contribution in [0.1, 0.15) is 17.0 Å². The summed E-state index contributed by atoms with van der Waals surface area (Å²) in [5.41, 5.74) is 2.70. The number of aryl methyl sites for hydroxylation is 2. The Kier molecular flexibility index (Phi) is 3.11. The summed E-state index contributed by atoms with van der Waals surface area (Å²) < 4.78 is 13.8. The van der Waals surface area contributed by atoms with Crippen LogP contribution in [0.2, 0.25) is 5.15 Å². The van der Waals surface area contributed by atoms with Crippen LogP contribution >= 0.6 is 11.6 Å². The zero-order chi connectivity index (χ0) is 12.6. The SMILES string of the molecule is Cc1ccc(F)c(-c2nc(C)nc(Cl)c2C)c1. The van der Waals surface area contributed by atoms with Gasteiger partial charge >= 0.3 is 0 Å². The van der Waals surface area contributed by atoms with Crippen molar-refractivity contribution in [2.24, 2.45) is 0 Å². The van der Waals surface area contributed by atoms with Crippen molar-refractivity contribution >= 4 is 11.6 Å². The van der Waals surface area contributed by atoms with Crippen LogP contribution in [0.4, 0.5) is 4.39 Å². The molecule has 0 amide bonds. The maximum absolute atomic E-state index is 13.8. The van der Waals surface area contributed by atoms with Crippen molar-refractivity contribution < 1.29 is 4.39 Å². The van der Waals surface area contributed by atoms with Crippen LogP contribution in [-0.4, -0.2) is 9.97 Å². The van der Waals surface area contributed by atoms with Gasteiger partial charge in [0.1, 0.15) is 16.8 Å². The fourth-order valence-electron chi connectivity index (χ4n) is 1.68. The molecule has 1 aromatic carbocycles. The van der Waals surface area contributed by atoms with E-state index in [1.807, 2.05) is 6.92 Å². The van der Waals surface area contributed by atoms with Crippen molar-refractivity contribution in [2.45, 2.75) is 20.8 Å². The average molecular weight is 251 g/mol. The van der Waals surface area contributed by atoms with Gasteiger partial charge in [0.2, 0.25) is 0 Å². The van der Waals surface area contributed by atoms with Gasteiger partial charge in [-0.2, -0.15) is 0 Å². The summed E-state index contributed by atoms with van der Waals surface area (Å²) in [4.78, 5) is 8.31. The number of hydrogen-bond acceptors (Lipinski definition) is 2. The molecule has 2 aromatic rings. The van der Waals surface area contributed by atoms with Crippen molar-refractivity contribution in [3.63, 3.8) is 0 Å². The normalized spacial score (nSPS) is 10.6. The van der Waals surface area contributed by atoms with E-state index in [2.05, 4.69) is 9.97 Å². The number of benzene rings is 1. The predicted octanol–water partition coefficient (Wildman–Crippen LogP) is 3.86. The first kappa shape index (κ1) is 12.0. The summed E-state index contributed by atoms with van der Waals surface area (Å²) in [6.07, 6.45) is 0. The van der Waals surface area contributed by atoms with Crippen LogP contribution in [0.3, 0.4) is 0 Å². The third kappa shape index (κ3) is 2.29. The summed E-state index contributed by atoms with van der Waals surface area (Å²) in [6, 6.07) is 4.93. The highest BCUT2D eigenvalue weighted by molar-refractivity contribution is 6.30. The first-order chi connectivity index (χ1) is 7.99. The summed E-state index contributed by atoms with van der Waals surface area (Å²) >= 11 is 5.99. The molecule has 0 saturated carbocycles. The Hall–Kier alpha value is -1.48. The lowest BCUT2D eigenvalue weighted by Crippen LogP contribution is -1.98. The molecule has 2 rings (SSSR count). The molecule has 88 valence electrons. The number of nitrogens with zero attached hydrogens (tertiary/aromatic N) is 2. The second-order valence-corrected chi connectivity index (χ2v) is 4.38. The standard InChI is InChI=1S/C13H12ClFN2/c1-7-4-5-11(15)10(6-7)12-8(2)13(14)17-9(3)16-12/h4-6H,1-3H3. The van der Waals surface area contributed by atoms with Crippen LogP contribution in [0.25, 0.3) is 11.3 Å². The number of aromatic nitrogens is 2. The molecule has 0 aliphatic rings. The maximum atomic E-state index is 13.8. The lowest BCUT2D eigenvalue weighted by molar-refractivity contribution is 0.630. The van der Waals surface area contributed by atoms with Gasteiger partial charge in [0.05, 0.1) is 5.69 Å². The van der Waals surface area contributed by atoms with Gasteiger partial charge in [0.25, 0.3) is 0 Å². The average Bonchev–Trinajstić information content (AvgIpc) is 2.27. The van der Waals surface area contributed by atoms with Crippen molar-refractivity contribution in [1.29, 1.82) is 0 Å². The third-order valence-electron chi connectivity index (χ3n) is 2.58. The fourth-order valence-corrected chi connectivity index (χ4v) is 1.89.